The van der Waals surface area contributed by atoms with Crippen LogP contribution in [-0.4, -0.2) is 4.98 Å². The molecule has 24 heavy (non-hydrogen) atoms. The van der Waals surface area contributed by atoms with Crippen molar-refractivity contribution in [3.63, 3.8) is 0 Å². The van der Waals surface area contributed by atoms with Crippen molar-refractivity contribution in [2.24, 2.45) is 0 Å². The first-order chi connectivity index (χ1) is 11.5. The lowest BCUT2D eigenvalue weighted by molar-refractivity contribution is 0.402. The third-order valence-electron chi connectivity index (χ3n) is 4.28. The summed E-state index contributed by atoms with van der Waals surface area (Å²) in [5, 5.41) is 0. The maximum atomic E-state index is 15.2. The van der Waals surface area contributed by atoms with Crippen LogP contribution in [0.15, 0.2) is 73.1 Å². The van der Waals surface area contributed by atoms with Gasteiger partial charge < -0.3 is 0 Å². The molecule has 0 bridgehead atoms. The van der Waals surface area contributed by atoms with Gasteiger partial charge >= 0.3 is 0 Å². The molecule has 3 aromatic rings. The van der Waals surface area contributed by atoms with Crippen LogP contribution >= 0.6 is 0 Å². The molecule has 0 spiro atoms. The van der Waals surface area contributed by atoms with Crippen LogP contribution in [0.4, 0.5) is 4.39 Å². The molecule has 0 saturated heterocycles. The maximum Gasteiger partial charge on any atom is 0.151 e. The minimum absolute atomic E-state index is 0.0657. The first-order valence-corrected chi connectivity index (χ1v) is 8.20. The van der Waals surface area contributed by atoms with Crippen LogP contribution in [0.3, 0.4) is 0 Å². The Labute approximate surface area is 143 Å². The van der Waals surface area contributed by atoms with Crippen LogP contribution in [0.5, 0.6) is 0 Å². The Morgan fingerprint density at radius 1 is 0.875 bits per heavy atom. The SMILES string of the molecule is CC(C)(C)c1ccc(C(F)c2ccncc2-c2ccccc2)cc1. The number of rotatable bonds is 3. The third-order valence-corrected chi connectivity index (χ3v) is 4.28. The molecule has 2 aromatic carbocycles. The molecule has 122 valence electrons. The van der Waals surface area contributed by atoms with E-state index in [-0.39, 0.29) is 5.41 Å². The highest BCUT2D eigenvalue weighted by atomic mass is 19.1. The van der Waals surface area contributed by atoms with Gasteiger partial charge in [-0.25, -0.2) is 4.39 Å². The van der Waals surface area contributed by atoms with Crippen molar-refractivity contribution in [2.75, 3.05) is 0 Å². The molecule has 0 radical (unpaired) electrons. The summed E-state index contributed by atoms with van der Waals surface area (Å²) < 4.78 is 15.2. The molecule has 0 amide bonds. The second-order valence-corrected chi connectivity index (χ2v) is 7.06. The molecular weight excluding hydrogens is 297 g/mol. The van der Waals surface area contributed by atoms with E-state index in [2.05, 4.69) is 25.8 Å². The van der Waals surface area contributed by atoms with Gasteiger partial charge in [-0.3, -0.25) is 4.98 Å². The second kappa shape index (κ2) is 6.56. The van der Waals surface area contributed by atoms with Crippen molar-refractivity contribution in [3.8, 4) is 11.1 Å². The largest absolute Gasteiger partial charge is 0.264 e. The molecule has 0 fully saturated rings. The summed E-state index contributed by atoms with van der Waals surface area (Å²) in [5.74, 6) is 0. The zero-order chi connectivity index (χ0) is 17.2. The molecule has 1 unspecified atom stereocenters. The van der Waals surface area contributed by atoms with Crippen molar-refractivity contribution < 1.29 is 4.39 Å². The van der Waals surface area contributed by atoms with E-state index in [4.69, 9.17) is 0 Å². The van der Waals surface area contributed by atoms with E-state index in [1.807, 2.05) is 54.6 Å². The van der Waals surface area contributed by atoms with Gasteiger partial charge in [-0.1, -0.05) is 75.4 Å². The van der Waals surface area contributed by atoms with Crippen LogP contribution in [0.25, 0.3) is 11.1 Å². The summed E-state index contributed by atoms with van der Waals surface area (Å²) >= 11 is 0. The Kier molecular flexibility index (Phi) is 4.48. The standard InChI is InChI=1S/C22H22FN/c1-22(2,3)18-11-9-17(10-12-18)21(23)19-13-14-24-15-20(19)16-7-5-4-6-8-16/h4-15,21H,1-3H3. The van der Waals surface area contributed by atoms with Crippen molar-refractivity contribution in [2.45, 2.75) is 32.4 Å². The van der Waals surface area contributed by atoms with Crippen LogP contribution in [-0.2, 0) is 5.41 Å². The zero-order valence-electron chi connectivity index (χ0n) is 14.3. The van der Waals surface area contributed by atoms with Gasteiger partial charge in [0.1, 0.15) is 0 Å². The zero-order valence-corrected chi connectivity index (χ0v) is 14.3. The van der Waals surface area contributed by atoms with E-state index in [0.29, 0.717) is 11.1 Å². The molecule has 0 aliphatic rings. The summed E-state index contributed by atoms with van der Waals surface area (Å²) in [6.45, 7) is 6.47. The quantitative estimate of drug-likeness (QED) is 0.568. The van der Waals surface area contributed by atoms with Gasteiger partial charge in [0.15, 0.2) is 6.17 Å². The molecule has 0 aliphatic carbocycles. The van der Waals surface area contributed by atoms with Crippen molar-refractivity contribution in [3.05, 3.63) is 89.7 Å². The number of halogens is 1. The number of nitrogens with zero attached hydrogens (tertiary/aromatic N) is 1. The Morgan fingerprint density at radius 2 is 1.54 bits per heavy atom. The highest BCUT2D eigenvalue weighted by Crippen LogP contribution is 2.34. The van der Waals surface area contributed by atoms with Crippen molar-refractivity contribution in [1.82, 2.24) is 4.98 Å². The van der Waals surface area contributed by atoms with Crippen molar-refractivity contribution in [1.29, 1.82) is 0 Å². The Balaban J connectivity index is 1.98. The van der Waals surface area contributed by atoms with Gasteiger partial charge in [0.25, 0.3) is 0 Å². The highest BCUT2D eigenvalue weighted by Gasteiger charge is 2.19. The molecule has 0 saturated carbocycles. The van der Waals surface area contributed by atoms with Gasteiger partial charge in [0.2, 0.25) is 0 Å². The number of alkyl halides is 1. The average Bonchev–Trinajstić information content (AvgIpc) is 2.61. The number of pyridine rings is 1. The van der Waals surface area contributed by atoms with Gasteiger partial charge in [-0.2, -0.15) is 0 Å². The summed E-state index contributed by atoms with van der Waals surface area (Å²) in [6.07, 6.45) is 2.22. The average molecular weight is 319 g/mol. The predicted octanol–water partition coefficient (Wildman–Crippen LogP) is 6.11. The number of aromatic nitrogens is 1. The van der Waals surface area contributed by atoms with E-state index in [0.717, 1.165) is 11.1 Å². The summed E-state index contributed by atoms with van der Waals surface area (Å²) in [6, 6.07) is 19.4. The van der Waals surface area contributed by atoms with Gasteiger partial charge in [-0.15, -0.1) is 0 Å². The fourth-order valence-corrected chi connectivity index (χ4v) is 2.82. The lowest BCUT2D eigenvalue weighted by Gasteiger charge is -2.20. The third kappa shape index (κ3) is 3.38. The summed E-state index contributed by atoms with van der Waals surface area (Å²) in [4.78, 5) is 4.18. The van der Waals surface area contributed by atoms with E-state index in [1.54, 1.807) is 18.5 Å². The lowest BCUT2D eigenvalue weighted by Crippen LogP contribution is -2.11. The first-order valence-electron chi connectivity index (χ1n) is 8.20. The molecule has 3 rings (SSSR count). The Hall–Kier alpha value is -2.48. The minimum Gasteiger partial charge on any atom is -0.264 e. The van der Waals surface area contributed by atoms with Crippen LogP contribution in [0, 0.1) is 0 Å². The fourth-order valence-electron chi connectivity index (χ4n) is 2.82. The highest BCUT2D eigenvalue weighted by molar-refractivity contribution is 5.67. The Bertz CT molecular complexity index is 801. The number of benzene rings is 2. The minimum atomic E-state index is -1.17. The van der Waals surface area contributed by atoms with Gasteiger partial charge in [0, 0.05) is 23.5 Å². The summed E-state index contributed by atoms with van der Waals surface area (Å²) in [5.41, 5.74) is 4.42. The molecule has 1 nitrogen and oxygen atoms in total. The fraction of sp³-hybridized carbons (Fsp3) is 0.227. The van der Waals surface area contributed by atoms with Crippen LogP contribution in [0.2, 0.25) is 0 Å². The molecule has 0 N–H and O–H groups in total. The van der Waals surface area contributed by atoms with Crippen LogP contribution in [0.1, 0.15) is 43.6 Å². The normalized spacial score (nSPS) is 12.8. The lowest BCUT2D eigenvalue weighted by atomic mass is 9.86. The van der Waals surface area contributed by atoms with Gasteiger partial charge in [0.05, 0.1) is 0 Å². The van der Waals surface area contributed by atoms with E-state index >= 15 is 4.39 Å². The second-order valence-electron chi connectivity index (χ2n) is 7.06. The van der Waals surface area contributed by atoms with E-state index in [9.17, 15) is 0 Å². The number of hydrogen-bond acceptors (Lipinski definition) is 1. The van der Waals surface area contributed by atoms with E-state index in [1.165, 1.54) is 5.56 Å². The summed E-state index contributed by atoms with van der Waals surface area (Å²) in [7, 11) is 0. The van der Waals surface area contributed by atoms with E-state index < -0.39 is 6.17 Å². The Morgan fingerprint density at radius 3 is 2.17 bits per heavy atom. The van der Waals surface area contributed by atoms with Crippen LogP contribution < -0.4 is 0 Å². The molecule has 2 heteroatoms. The van der Waals surface area contributed by atoms with Gasteiger partial charge in [-0.05, 0) is 28.2 Å². The maximum absolute atomic E-state index is 15.2. The molecular formula is C22H22FN. The van der Waals surface area contributed by atoms with Crippen molar-refractivity contribution >= 4 is 0 Å². The molecule has 0 aliphatic heterocycles. The topological polar surface area (TPSA) is 12.9 Å². The molecule has 1 heterocycles. The smallest absolute Gasteiger partial charge is 0.151 e. The number of hydrogen-bond donors (Lipinski definition) is 0. The monoisotopic (exact) mass is 319 g/mol. The predicted molar refractivity (Wildman–Crippen MR) is 97.8 cm³/mol. The molecule has 1 atom stereocenters. The first kappa shape index (κ1) is 16.4. The molecule has 1 aromatic heterocycles.